The van der Waals surface area contributed by atoms with Crippen LogP contribution in [0.1, 0.15) is 0 Å². The molecule has 0 radical (unpaired) electrons. The maximum atomic E-state index is 12.0. The van der Waals surface area contributed by atoms with E-state index in [0.29, 0.717) is 24.6 Å². The largest absolute Gasteiger partial charge is 0.492 e. The summed E-state index contributed by atoms with van der Waals surface area (Å²) in [6, 6.07) is 6.58. The minimum absolute atomic E-state index is 0.0246. The van der Waals surface area contributed by atoms with Crippen molar-refractivity contribution in [2.45, 2.75) is 5.03 Å². The number of benzene rings is 1. The topological polar surface area (TPSA) is 99.2 Å². The molecule has 3 N–H and O–H groups in total. The Bertz CT molecular complexity index is 664. The second-order valence-electron chi connectivity index (χ2n) is 4.14. The number of hydrogen-bond donors (Lipinski definition) is 2. The van der Waals surface area contributed by atoms with Crippen LogP contribution in [-0.4, -0.2) is 31.1 Å². The Hall–Kier alpha value is -2.06. The van der Waals surface area contributed by atoms with Crippen molar-refractivity contribution >= 4 is 15.7 Å². The van der Waals surface area contributed by atoms with E-state index in [-0.39, 0.29) is 5.03 Å². The third kappa shape index (κ3) is 3.49. The van der Waals surface area contributed by atoms with Crippen molar-refractivity contribution < 1.29 is 13.2 Å². The summed E-state index contributed by atoms with van der Waals surface area (Å²) in [7, 11) is -1.96. The quantitative estimate of drug-likeness (QED) is 0.811. The zero-order valence-electron chi connectivity index (χ0n) is 11.0. The highest BCUT2D eigenvalue weighted by Gasteiger charge is 2.16. The third-order valence-electron chi connectivity index (χ3n) is 2.45. The highest BCUT2D eigenvalue weighted by molar-refractivity contribution is 7.92. The molecule has 0 aliphatic heterocycles. The first-order valence-corrected chi connectivity index (χ1v) is 7.43. The van der Waals surface area contributed by atoms with Crippen LogP contribution in [0.25, 0.3) is 0 Å². The lowest BCUT2D eigenvalue weighted by Gasteiger charge is -2.08. The van der Waals surface area contributed by atoms with Crippen molar-refractivity contribution in [1.82, 2.24) is 9.55 Å². The van der Waals surface area contributed by atoms with Gasteiger partial charge in [0.05, 0.1) is 6.33 Å². The fourth-order valence-electron chi connectivity index (χ4n) is 1.53. The molecule has 0 saturated heterocycles. The minimum Gasteiger partial charge on any atom is -0.492 e. The molecule has 0 aliphatic rings. The van der Waals surface area contributed by atoms with Crippen LogP contribution < -0.4 is 15.2 Å². The lowest BCUT2D eigenvalue weighted by molar-refractivity contribution is 0.328. The van der Waals surface area contributed by atoms with Gasteiger partial charge in [-0.15, -0.1) is 0 Å². The first-order chi connectivity index (χ1) is 9.51. The highest BCUT2D eigenvalue weighted by Crippen LogP contribution is 2.18. The molecule has 0 spiro atoms. The summed E-state index contributed by atoms with van der Waals surface area (Å²) in [5, 5.41) is -0.0246. The maximum Gasteiger partial charge on any atom is 0.280 e. The van der Waals surface area contributed by atoms with Gasteiger partial charge in [-0.1, -0.05) is 0 Å². The molecule has 0 fully saturated rings. The van der Waals surface area contributed by atoms with E-state index in [9.17, 15) is 8.42 Å². The Balaban J connectivity index is 2.09. The van der Waals surface area contributed by atoms with Crippen LogP contribution in [0.5, 0.6) is 5.75 Å². The number of imidazole rings is 1. The lowest BCUT2D eigenvalue weighted by atomic mass is 10.3. The van der Waals surface area contributed by atoms with Crippen molar-refractivity contribution in [3.05, 3.63) is 36.8 Å². The van der Waals surface area contributed by atoms with Gasteiger partial charge < -0.3 is 15.0 Å². The van der Waals surface area contributed by atoms with Gasteiger partial charge in [0.1, 0.15) is 12.4 Å². The van der Waals surface area contributed by atoms with E-state index in [1.807, 2.05) is 0 Å². The van der Waals surface area contributed by atoms with Gasteiger partial charge in [-0.25, -0.2) is 4.98 Å². The van der Waals surface area contributed by atoms with Crippen molar-refractivity contribution in [3.8, 4) is 5.75 Å². The number of nitrogens with zero attached hydrogens (tertiary/aromatic N) is 2. The van der Waals surface area contributed by atoms with Gasteiger partial charge in [-0.2, -0.15) is 8.42 Å². The standard InChI is InChI=1S/C12H16N4O3S/c1-16-8-12(14-9-16)20(17,18)15-10-2-4-11(5-3-10)19-7-6-13/h2-5,8-9,15H,6-7,13H2,1H3. The number of anilines is 1. The van der Waals surface area contributed by atoms with Crippen molar-refractivity contribution in [2.24, 2.45) is 12.8 Å². The zero-order chi connectivity index (χ0) is 14.6. The monoisotopic (exact) mass is 296 g/mol. The average Bonchev–Trinajstić information content (AvgIpc) is 2.85. The first kappa shape index (κ1) is 14.4. The predicted molar refractivity (Wildman–Crippen MR) is 75.0 cm³/mol. The van der Waals surface area contributed by atoms with Gasteiger partial charge in [0.25, 0.3) is 10.0 Å². The van der Waals surface area contributed by atoms with E-state index in [1.165, 1.54) is 12.5 Å². The molecule has 0 aliphatic carbocycles. The molecule has 1 aromatic carbocycles. The molecule has 7 nitrogen and oxygen atoms in total. The lowest BCUT2D eigenvalue weighted by Crippen LogP contribution is -2.13. The molecule has 2 aromatic rings. The number of aryl methyl sites for hydroxylation is 1. The summed E-state index contributed by atoms with van der Waals surface area (Å²) >= 11 is 0. The number of hydrogen-bond acceptors (Lipinski definition) is 5. The van der Waals surface area contributed by atoms with E-state index in [2.05, 4.69) is 9.71 Å². The Labute approximate surface area is 117 Å². The fraction of sp³-hybridized carbons (Fsp3) is 0.250. The van der Waals surface area contributed by atoms with Gasteiger partial charge in [-0.3, -0.25) is 4.72 Å². The van der Waals surface area contributed by atoms with E-state index < -0.39 is 10.0 Å². The number of nitrogens with two attached hydrogens (primary N) is 1. The molecular weight excluding hydrogens is 280 g/mol. The maximum absolute atomic E-state index is 12.0. The molecule has 2 rings (SSSR count). The van der Waals surface area contributed by atoms with Crippen LogP contribution in [0.15, 0.2) is 41.8 Å². The smallest absolute Gasteiger partial charge is 0.280 e. The van der Waals surface area contributed by atoms with E-state index in [4.69, 9.17) is 10.5 Å². The van der Waals surface area contributed by atoms with Gasteiger partial charge in [-0.05, 0) is 24.3 Å². The predicted octanol–water partition coefficient (Wildman–Crippen LogP) is 0.558. The van der Waals surface area contributed by atoms with Gasteiger partial charge in [0, 0.05) is 25.5 Å². The van der Waals surface area contributed by atoms with Crippen LogP contribution >= 0.6 is 0 Å². The second-order valence-corrected chi connectivity index (χ2v) is 5.77. The van der Waals surface area contributed by atoms with Crippen LogP contribution in [0.2, 0.25) is 0 Å². The van der Waals surface area contributed by atoms with Gasteiger partial charge >= 0.3 is 0 Å². The van der Waals surface area contributed by atoms with E-state index in [0.717, 1.165) is 0 Å². The number of ether oxygens (including phenoxy) is 1. The van der Waals surface area contributed by atoms with Crippen LogP contribution in [0, 0.1) is 0 Å². The van der Waals surface area contributed by atoms with Crippen LogP contribution in [0.4, 0.5) is 5.69 Å². The molecule has 1 aromatic heterocycles. The third-order valence-corrected chi connectivity index (χ3v) is 3.72. The normalized spacial score (nSPS) is 11.3. The Morgan fingerprint density at radius 3 is 2.60 bits per heavy atom. The van der Waals surface area contributed by atoms with E-state index in [1.54, 1.807) is 35.9 Å². The van der Waals surface area contributed by atoms with Gasteiger partial charge in [0.2, 0.25) is 0 Å². The molecule has 0 saturated carbocycles. The molecule has 108 valence electrons. The summed E-state index contributed by atoms with van der Waals surface area (Å²) in [6.07, 6.45) is 2.86. The Morgan fingerprint density at radius 2 is 2.05 bits per heavy atom. The van der Waals surface area contributed by atoms with Crippen molar-refractivity contribution in [2.75, 3.05) is 17.9 Å². The molecule has 1 heterocycles. The zero-order valence-corrected chi connectivity index (χ0v) is 11.8. The molecule has 0 amide bonds. The Kier molecular flexibility index (Phi) is 4.26. The summed E-state index contributed by atoms with van der Waals surface area (Å²) < 4.78 is 33.4. The number of aromatic nitrogens is 2. The number of sulfonamides is 1. The minimum atomic E-state index is -3.67. The fourth-order valence-corrected chi connectivity index (χ4v) is 2.57. The molecule has 0 atom stereocenters. The summed E-state index contributed by atoms with van der Waals surface area (Å²) in [4.78, 5) is 3.82. The molecule has 0 bridgehead atoms. The van der Waals surface area contributed by atoms with Gasteiger partial charge in [0.15, 0.2) is 5.03 Å². The summed E-state index contributed by atoms with van der Waals surface area (Å²) in [5.74, 6) is 0.635. The summed E-state index contributed by atoms with van der Waals surface area (Å²) in [6.45, 7) is 0.840. The number of rotatable bonds is 6. The van der Waals surface area contributed by atoms with Crippen molar-refractivity contribution in [3.63, 3.8) is 0 Å². The Morgan fingerprint density at radius 1 is 1.35 bits per heavy atom. The SMILES string of the molecule is Cn1cnc(S(=O)(=O)Nc2ccc(OCCN)cc2)c1. The highest BCUT2D eigenvalue weighted by atomic mass is 32.2. The first-order valence-electron chi connectivity index (χ1n) is 5.95. The van der Waals surface area contributed by atoms with Crippen LogP contribution in [-0.2, 0) is 17.1 Å². The summed E-state index contributed by atoms with van der Waals surface area (Å²) in [5.41, 5.74) is 5.77. The molecule has 20 heavy (non-hydrogen) atoms. The van der Waals surface area contributed by atoms with Crippen LogP contribution in [0.3, 0.4) is 0 Å². The second kappa shape index (κ2) is 5.93. The molecular formula is C12H16N4O3S. The molecule has 8 heteroatoms. The number of nitrogens with one attached hydrogen (secondary N) is 1. The van der Waals surface area contributed by atoms with Crippen molar-refractivity contribution in [1.29, 1.82) is 0 Å². The van der Waals surface area contributed by atoms with E-state index >= 15 is 0 Å². The average molecular weight is 296 g/mol. The molecule has 0 unspecified atom stereocenters.